The van der Waals surface area contributed by atoms with E-state index in [-0.39, 0.29) is 17.9 Å². The van der Waals surface area contributed by atoms with Crippen LogP contribution in [0.3, 0.4) is 0 Å². The fraction of sp³-hybridized carbons (Fsp3) is 0.158. The zero-order chi connectivity index (χ0) is 19.4. The van der Waals surface area contributed by atoms with Crippen molar-refractivity contribution < 1.29 is 19.2 Å². The molecule has 0 saturated heterocycles. The van der Waals surface area contributed by atoms with Crippen LogP contribution in [0.1, 0.15) is 11.3 Å². The number of methoxy groups -OCH3 is 1. The first-order chi connectivity index (χ1) is 13.0. The number of nitro groups is 1. The number of thiazole rings is 1. The number of aryl methyl sites for hydroxylation is 1. The highest BCUT2D eigenvalue weighted by atomic mass is 32.1. The fourth-order valence-electron chi connectivity index (χ4n) is 2.38. The quantitative estimate of drug-likeness (QED) is 0.274. The molecule has 3 aromatic rings. The van der Waals surface area contributed by atoms with E-state index in [1.807, 2.05) is 31.2 Å². The predicted octanol–water partition coefficient (Wildman–Crippen LogP) is 4.18. The Kier molecular flexibility index (Phi) is 5.46. The van der Waals surface area contributed by atoms with Gasteiger partial charge in [-0.15, -0.1) is 11.3 Å². The molecule has 0 saturated carbocycles. The Labute approximate surface area is 159 Å². The van der Waals surface area contributed by atoms with Crippen LogP contribution in [0.2, 0.25) is 0 Å². The van der Waals surface area contributed by atoms with E-state index in [1.165, 1.54) is 36.6 Å². The Balaban J connectivity index is 1.72. The van der Waals surface area contributed by atoms with Crippen molar-refractivity contribution in [1.29, 1.82) is 0 Å². The summed E-state index contributed by atoms with van der Waals surface area (Å²) in [6, 6.07) is 12.0. The van der Waals surface area contributed by atoms with Crippen molar-refractivity contribution in [3.8, 4) is 22.1 Å². The van der Waals surface area contributed by atoms with Gasteiger partial charge in [0.1, 0.15) is 10.8 Å². The number of carbonyl (C=O) groups excluding carboxylic acids is 1. The molecular formula is C19H16N2O5S. The number of benzene rings is 2. The van der Waals surface area contributed by atoms with Gasteiger partial charge in [-0.3, -0.25) is 14.9 Å². The minimum Gasteiger partial charge on any atom is -0.496 e. The number of rotatable bonds is 6. The Morgan fingerprint density at radius 1 is 1.22 bits per heavy atom. The topological polar surface area (TPSA) is 91.6 Å². The van der Waals surface area contributed by atoms with E-state index in [9.17, 15) is 14.9 Å². The lowest BCUT2D eigenvalue weighted by atomic mass is 10.2. The summed E-state index contributed by atoms with van der Waals surface area (Å²) < 4.78 is 10.1. The summed E-state index contributed by atoms with van der Waals surface area (Å²) in [7, 11) is 1.40. The Bertz CT molecular complexity index is 982. The highest BCUT2D eigenvalue weighted by molar-refractivity contribution is 7.13. The zero-order valence-corrected chi connectivity index (χ0v) is 15.5. The second kappa shape index (κ2) is 7.96. The molecule has 27 heavy (non-hydrogen) atoms. The maximum atomic E-state index is 12.2. The molecular weight excluding hydrogens is 368 g/mol. The van der Waals surface area contributed by atoms with Crippen molar-refractivity contribution in [2.24, 2.45) is 0 Å². The van der Waals surface area contributed by atoms with Crippen LogP contribution in [0.5, 0.6) is 11.5 Å². The molecule has 0 fully saturated rings. The van der Waals surface area contributed by atoms with Crippen molar-refractivity contribution in [2.45, 2.75) is 13.3 Å². The van der Waals surface area contributed by atoms with Crippen LogP contribution in [0.4, 0.5) is 5.69 Å². The summed E-state index contributed by atoms with van der Waals surface area (Å²) in [5.41, 5.74) is 2.34. The maximum absolute atomic E-state index is 12.2. The third kappa shape index (κ3) is 4.48. The molecule has 1 aromatic heterocycles. The molecule has 8 heteroatoms. The van der Waals surface area contributed by atoms with Crippen molar-refractivity contribution in [3.05, 3.63) is 69.2 Å². The van der Waals surface area contributed by atoms with Gasteiger partial charge in [-0.05, 0) is 19.1 Å². The largest absolute Gasteiger partial charge is 0.496 e. The molecule has 138 valence electrons. The summed E-state index contributed by atoms with van der Waals surface area (Å²) in [5.74, 6) is -0.437. The van der Waals surface area contributed by atoms with E-state index >= 15 is 0 Å². The average molecular weight is 384 g/mol. The number of ether oxygens (including phenoxy) is 2. The van der Waals surface area contributed by atoms with E-state index in [4.69, 9.17) is 9.47 Å². The lowest BCUT2D eigenvalue weighted by Crippen LogP contribution is -2.12. The van der Waals surface area contributed by atoms with Crippen LogP contribution in [0, 0.1) is 17.0 Å². The summed E-state index contributed by atoms with van der Waals surface area (Å²) >= 11 is 1.43. The van der Waals surface area contributed by atoms with Crippen molar-refractivity contribution >= 4 is 23.0 Å². The molecule has 3 rings (SSSR count). The van der Waals surface area contributed by atoms with Gasteiger partial charge in [0.05, 0.1) is 30.2 Å². The lowest BCUT2D eigenvalue weighted by Gasteiger charge is -2.06. The van der Waals surface area contributed by atoms with Gasteiger partial charge >= 0.3 is 11.7 Å². The van der Waals surface area contributed by atoms with Gasteiger partial charge in [-0.1, -0.05) is 29.8 Å². The summed E-state index contributed by atoms with van der Waals surface area (Å²) in [6.07, 6.45) is -0.0778. The summed E-state index contributed by atoms with van der Waals surface area (Å²) in [6.45, 7) is 2.01. The summed E-state index contributed by atoms with van der Waals surface area (Å²) in [4.78, 5) is 27.2. The second-order valence-corrected chi connectivity index (χ2v) is 6.61. The molecule has 2 aromatic carbocycles. The molecule has 0 unspecified atom stereocenters. The average Bonchev–Trinajstić information content (AvgIpc) is 3.10. The van der Waals surface area contributed by atoms with Crippen LogP contribution >= 0.6 is 11.3 Å². The first-order valence-electron chi connectivity index (χ1n) is 8.01. The fourth-order valence-corrected chi connectivity index (χ4v) is 3.20. The Morgan fingerprint density at radius 3 is 2.63 bits per heavy atom. The van der Waals surface area contributed by atoms with Crippen LogP contribution in [0.25, 0.3) is 10.6 Å². The highest BCUT2D eigenvalue weighted by Gasteiger charge is 2.20. The number of nitrogens with zero attached hydrogens (tertiary/aromatic N) is 2. The highest BCUT2D eigenvalue weighted by Crippen LogP contribution is 2.31. The smallest absolute Gasteiger partial charge is 0.317 e. The van der Waals surface area contributed by atoms with Gasteiger partial charge in [-0.25, -0.2) is 4.98 Å². The number of aromatic nitrogens is 1. The number of nitro benzene ring substituents is 1. The molecule has 0 aliphatic rings. The molecule has 1 heterocycles. The van der Waals surface area contributed by atoms with E-state index < -0.39 is 10.9 Å². The predicted molar refractivity (Wildman–Crippen MR) is 101 cm³/mol. The SMILES string of the molecule is COc1ccc(OC(=O)Cc2csc(-c3ccc(C)cc3)n2)c([N+](=O)[O-])c1. The first kappa shape index (κ1) is 18.5. The van der Waals surface area contributed by atoms with E-state index in [0.29, 0.717) is 11.4 Å². The van der Waals surface area contributed by atoms with Crippen LogP contribution < -0.4 is 9.47 Å². The minimum atomic E-state index is -0.622. The Hall–Kier alpha value is -3.26. The third-order valence-electron chi connectivity index (χ3n) is 3.76. The van der Waals surface area contributed by atoms with Crippen molar-refractivity contribution in [1.82, 2.24) is 4.98 Å². The molecule has 0 spiro atoms. The van der Waals surface area contributed by atoms with Crippen LogP contribution in [0.15, 0.2) is 47.8 Å². The van der Waals surface area contributed by atoms with Crippen LogP contribution in [-0.2, 0) is 11.2 Å². The van der Waals surface area contributed by atoms with Crippen LogP contribution in [-0.4, -0.2) is 23.0 Å². The first-order valence-corrected chi connectivity index (χ1v) is 8.89. The molecule has 0 radical (unpaired) electrons. The molecule has 0 atom stereocenters. The summed E-state index contributed by atoms with van der Waals surface area (Å²) in [5, 5.41) is 13.7. The number of esters is 1. The minimum absolute atomic E-state index is 0.0778. The van der Waals surface area contributed by atoms with Gasteiger partial charge in [-0.2, -0.15) is 0 Å². The molecule has 0 aliphatic carbocycles. The number of hydrogen-bond donors (Lipinski definition) is 0. The monoisotopic (exact) mass is 384 g/mol. The molecule has 0 aliphatic heterocycles. The van der Waals surface area contributed by atoms with E-state index in [1.54, 1.807) is 5.38 Å². The Morgan fingerprint density at radius 2 is 1.96 bits per heavy atom. The van der Waals surface area contributed by atoms with Gasteiger partial charge < -0.3 is 9.47 Å². The molecule has 0 amide bonds. The van der Waals surface area contributed by atoms with E-state index in [0.717, 1.165) is 16.1 Å². The molecule has 7 nitrogen and oxygen atoms in total. The molecule has 0 bridgehead atoms. The van der Waals surface area contributed by atoms with Gasteiger partial charge in [0.25, 0.3) is 0 Å². The number of carbonyl (C=O) groups is 1. The van der Waals surface area contributed by atoms with E-state index in [2.05, 4.69) is 4.98 Å². The second-order valence-electron chi connectivity index (χ2n) is 5.75. The standard InChI is InChI=1S/C19H16N2O5S/c1-12-3-5-13(6-4-12)19-20-14(11-27-19)9-18(22)26-17-8-7-15(25-2)10-16(17)21(23)24/h3-8,10-11H,9H2,1-2H3. The zero-order valence-electron chi connectivity index (χ0n) is 14.7. The van der Waals surface area contributed by atoms with Gasteiger partial charge in [0, 0.05) is 10.9 Å². The lowest BCUT2D eigenvalue weighted by molar-refractivity contribution is -0.385. The van der Waals surface area contributed by atoms with Gasteiger partial charge in [0.15, 0.2) is 0 Å². The van der Waals surface area contributed by atoms with Crippen molar-refractivity contribution in [2.75, 3.05) is 7.11 Å². The normalized spacial score (nSPS) is 10.4. The van der Waals surface area contributed by atoms with Gasteiger partial charge in [0.2, 0.25) is 5.75 Å². The maximum Gasteiger partial charge on any atom is 0.317 e. The van der Waals surface area contributed by atoms with Crippen molar-refractivity contribution in [3.63, 3.8) is 0 Å². The third-order valence-corrected chi connectivity index (χ3v) is 4.70. The molecule has 0 N–H and O–H groups in total. The number of hydrogen-bond acceptors (Lipinski definition) is 7.